The number of amides is 2. The van der Waals surface area contributed by atoms with Crippen molar-refractivity contribution in [2.45, 2.75) is 25.4 Å². The van der Waals surface area contributed by atoms with Crippen LogP contribution in [0.3, 0.4) is 0 Å². The first-order valence-corrected chi connectivity index (χ1v) is 7.47. The van der Waals surface area contributed by atoms with Gasteiger partial charge in [0.2, 0.25) is 0 Å². The van der Waals surface area contributed by atoms with E-state index in [2.05, 4.69) is 15.4 Å². The van der Waals surface area contributed by atoms with Crippen molar-refractivity contribution >= 4 is 23.5 Å². The van der Waals surface area contributed by atoms with Crippen LogP contribution in [-0.2, 0) is 14.3 Å². The summed E-state index contributed by atoms with van der Waals surface area (Å²) in [5, 5.41) is 14.6. The number of aliphatic hydroxyl groups excluding tert-OH is 1. The number of nitrogens with one attached hydrogen (secondary N) is 2. The van der Waals surface area contributed by atoms with E-state index in [9.17, 15) is 19.5 Å². The summed E-state index contributed by atoms with van der Waals surface area (Å²) in [5.41, 5.74) is 0.750. The van der Waals surface area contributed by atoms with E-state index in [4.69, 9.17) is 0 Å². The molecule has 1 aliphatic carbocycles. The van der Waals surface area contributed by atoms with Crippen LogP contribution in [-0.4, -0.2) is 42.6 Å². The van der Waals surface area contributed by atoms with E-state index >= 15 is 0 Å². The lowest BCUT2D eigenvalue weighted by Crippen LogP contribution is -2.37. The van der Waals surface area contributed by atoms with Crippen LogP contribution in [0.1, 0.15) is 29.6 Å². The van der Waals surface area contributed by atoms with Gasteiger partial charge in [-0.15, -0.1) is 0 Å². The van der Waals surface area contributed by atoms with E-state index < -0.39 is 23.9 Å². The summed E-state index contributed by atoms with van der Waals surface area (Å²) in [7, 11) is 1.28. The second-order valence-corrected chi connectivity index (χ2v) is 5.47. The van der Waals surface area contributed by atoms with Crippen LogP contribution in [0.5, 0.6) is 0 Å². The fourth-order valence-corrected chi connectivity index (χ4v) is 2.13. The van der Waals surface area contributed by atoms with E-state index in [-0.39, 0.29) is 6.54 Å². The molecule has 0 unspecified atom stereocenters. The summed E-state index contributed by atoms with van der Waals surface area (Å²) in [6.07, 6.45) is 2.08. The van der Waals surface area contributed by atoms with Crippen molar-refractivity contribution in [1.29, 1.82) is 0 Å². The molecule has 124 valence electrons. The molecule has 0 saturated heterocycles. The second kappa shape index (κ2) is 7.73. The van der Waals surface area contributed by atoms with Gasteiger partial charge in [0.15, 0.2) is 0 Å². The molecule has 1 saturated carbocycles. The average molecular weight is 320 g/mol. The molecule has 0 heterocycles. The van der Waals surface area contributed by atoms with Crippen molar-refractivity contribution in [2.24, 2.45) is 5.92 Å². The molecule has 0 aromatic heterocycles. The van der Waals surface area contributed by atoms with Gasteiger partial charge in [-0.1, -0.05) is 0 Å². The summed E-state index contributed by atoms with van der Waals surface area (Å²) < 4.78 is 4.57. The molecule has 3 N–H and O–H groups in total. The molecule has 23 heavy (non-hydrogen) atoms. The number of anilines is 1. The normalized spacial score (nSPS) is 14.7. The molecule has 1 aromatic carbocycles. The Bertz CT molecular complexity index is 581. The predicted octanol–water partition coefficient (Wildman–Crippen LogP) is 0.689. The number of aliphatic hydroxyl groups is 1. The Morgan fingerprint density at radius 2 is 1.87 bits per heavy atom. The third-order valence-corrected chi connectivity index (χ3v) is 3.66. The first-order chi connectivity index (χ1) is 11.0. The van der Waals surface area contributed by atoms with Crippen LogP contribution in [0.15, 0.2) is 24.3 Å². The number of hydrogen-bond donors (Lipinski definition) is 3. The number of rotatable bonds is 6. The van der Waals surface area contributed by atoms with E-state index in [1.54, 1.807) is 0 Å². The zero-order chi connectivity index (χ0) is 16.8. The predicted molar refractivity (Wildman–Crippen MR) is 82.8 cm³/mol. The maximum atomic E-state index is 11.7. The van der Waals surface area contributed by atoms with Gasteiger partial charge in [0.25, 0.3) is 0 Å². The minimum absolute atomic E-state index is 0.255. The van der Waals surface area contributed by atoms with Gasteiger partial charge < -0.3 is 20.5 Å². The van der Waals surface area contributed by atoms with Crippen LogP contribution in [0.25, 0.3) is 0 Å². The molecule has 2 rings (SSSR count). The summed E-state index contributed by atoms with van der Waals surface area (Å²) in [6, 6.07) is 6.00. The maximum absolute atomic E-state index is 11.7. The van der Waals surface area contributed by atoms with Gasteiger partial charge in [0.05, 0.1) is 18.8 Å². The van der Waals surface area contributed by atoms with Crippen molar-refractivity contribution in [3.8, 4) is 0 Å². The van der Waals surface area contributed by atoms with Gasteiger partial charge >= 0.3 is 17.8 Å². The molecule has 0 aliphatic heterocycles. The Labute approximate surface area is 134 Å². The molecule has 1 atom stereocenters. The number of carbonyl (C=O) groups is 3. The molecule has 1 aliphatic rings. The summed E-state index contributed by atoms with van der Waals surface area (Å²) in [5.74, 6) is -1.69. The highest BCUT2D eigenvalue weighted by atomic mass is 16.5. The SMILES string of the molecule is COC(=O)c1ccc(NC(=O)C(=O)NCC[C@H](O)C2CC2)cc1. The molecule has 0 bridgehead atoms. The van der Waals surface area contributed by atoms with Crippen LogP contribution in [0.2, 0.25) is 0 Å². The number of carbonyl (C=O) groups excluding carboxylic acids is 3. The highest BCUT2D eigenvalue weighted by Crippen LogP contribution is 2.33. The van der Waals surface area contributed by atoms with E-state index in [0.29, 0.717) is 23.6 Å². The fraction of sp³-hybridized carbons (Fsp3) is 0.438. The van der Waals surface area contributed by atoms with Crippen LogP contribution in [0.4, 0.5) is 5.69 Å². The third-order valence-electron chi connectivity index (χ3n) is 3.66. The number of methoxy groups -OCH3 is 1. The van der Waals surface area contributed by atoms with Crippen LogP contribution in [0, 0.1) is 5.92 Å². The second-order valence-electron chi connectivity index (χ2n) is 5.47. The summed E-state index contributed by atoms with van der Waals surface area (Å²) in [6.45, 7) is 0.255. The van der Waals surface area contributed by atoms with Crippen molar-refractivity contribution in [1.82, 2.24) is 5.32 Å². The molecule has 1 fully saturated rings. The lowest BCUT2D eigenvalue weighted by atomic mass is 10.1. The highest BCUT2D eigenvalue weighted by molar-refractivity contribution is 6.39. The van der Waals surface area contributed by atoms with Gasteiger partial charge in [-0.3, -0.25) is 9.59 Å². The van der Waals surface area contributed by atoms with Gasteiger partial charge in [-0.2, -0.15) is 0 Å². The minimum Gasteiger partial charge on any atom is -0.465 e. The molecule has 0 radical (unpaired) electrons. The molecular formula is C16H20N2O5. The van der Waals surface area contributed by atoms with Gasteiger partial charge in [-0.25, -0.2) is 4.79 Å². The highest BCUT2D eigenvalue weighted by Gasteiger charge is 2.29. The molecule has 0 spiro atoms. The Balaban J connectivity index is 1.76. The number of esters is 1. The number of ether oxygens (including phenoxy) is 1. The van der Waals surface area contributed by atoms with Crippen molar-refractivity contribution in [3.05, 3.63) is 29.8 Å². The molecule has 1 aromatic rings. The standard InChI is InChI=1S/C16H20N2O5/c1-23-16(22)11-4-6-12(7-5-11)18-15(21)14(20)17-9-8-13(19)10-2-3-10/h4-7,10,13,19H,2-3,8-9H2,1H3,(H,17,20)(H,18,21)/t13-/m0/s1. The Hall–Kier alpha value is -2.41. The first-order valence-electron chi connectivity index (χ1n) is 7.47. The van der Waals surface area contributed by atoms with E-state index in [1.807, 2.05) is 0 Å². The fourth-order valence-electron chi connectivity index (χ4n) is 2.13. The van der Waals surface area contributed by atoms with Crippen LogP contribution < -0.4 is 10.6 Å². The Morgan fingerprint density at radius 1 is 1.22 bits per heavy atom. The largest absolute Gasteiger partial charge is 0.465 e. The van der Waals surface area contributed by atoms with Gasteiger partial charge in [0, 0.05) is 12.2 Å². The number of hydrogen-bond acceptors (Lipinski definition) is 5. The Morgan fingerprint density at radius 3 is 2.43 bits per heavy atom. The van der Waals surface area contributed by atoms with E-state index in [0.717, 1.165) is 12.8 Å². The Kier molecular flexibility index (Phi) is 5.70. The van der Waals surface area contributed by atoms with Crippen molar-refractivity contribution in [3.63, 3.8) is 0 Å². The van der Waals surface area contributed by atoms with Crippen molar-refractivity contribution in [2.75, 3.05) is 19.0 Å². The van der Waals surface area contributed by atoms with Crippen LogP contribution >= 0.6 is 0 Å². The molecule has 7 nitrogen and oxygen atoms in total. The topological polar surface area (TPSA) is 105 Å². The molecular weight excluding hydrogens is 300 g/mol. The summed E-state index contributed by atoms with van der Waals surface area (Å²) >= 11 is 0. The third kappa shape index (κ3) is 5.07. The molecule has 2 amide bonds. The lowest BCUT2D eigenvalue weighted by molar-refractivity contribution is -0.136. The maximum Gasteiger partial charge on any atom is 0.337 e. The monoisotopic (exact) mass is 320 g/mol. The van der Waals surface area contributed by atoms with Gasteiger partial charge in [0.1, 0.15) is 0 Å². The van der Waals surface area contributed by atoms with E-state index in [1.165, 1.54) is 31.4 Å². The zero-order valence-electron chi connectivity index (χ0n) is 12.9. The van der Waals surface area contributed by atoms with Gasteiger partial charge in [-0.05, 0) is 49.4 Å². The quantitative estimate of drug-likeness (QED) is 0.528. The zero-order valence-corrected chi connectivity index (χ0v) is 12.9. The average Bonchev–Trinajstić information content (AvgIpc) is 3.39. The minimum atomic E-state index is -0.795. The first kappa shape index (κ1) is 17.0. The smallest absolute Gasteiger partial charge is 0.337 e. The lowest BCUT2D eigenvalue weighted by Gasteiger charge is -2.10. The summed E-state index contributed by atoms with van der Waals surface area (Å²) in [4.78, 5) is 34.7. The number of benzene rings is 1. The molecule has 7 heteroatoms. The van der Waals surface area contributed by atoms with Crippen molar-refractivity contribution < 1.29 is 24.2 Å².